The summed E-state index contributed by atoms with van der Waals surface area (Å²) in [6.07, 6.45) is 2.95. The van der Waals surface area contributed by atoms with Gasteiger partial charge in [0, 0.05) is 0 Å². The van der Waals surface area contributed by atoms with E-state index in [9.17, 15) is 4.79 Å². The van der Waals surface area contributed by atoms with Crippen LogP contribution >= 0.6 is 0 Å². The molecular formula is C4H4N4O. The summed E-state index contributed by atoms with van der Waals surface area (Å²) >= 11 is 0. The van der Waals surface area contributed by atoms with Gasteiger partial charge in [0.15, 0.2) is 6.19 Å². The van der Waals surface area contributed by atoms with E-state index in [1.807, 2.05) is 0 Å². The van der Waals surface area contributed by atoms with Crippen LogP contribution in [0.4, 0.5) is 0 Å². The van der Waals surface area contributed by atoms with E-state index in [0.717, 1.165) is 0 Å². The predicted molar refractivity (Wildman–Crippen MR) is 29.0 cm³/mol. The maximum absolute atomic E-state index is 10.3. The molecule has 5 heteroatoms. The molecule has 0 bridgehead atoms. The molecule has 0 saturated carbocycles. The quantitative estimate of drug-likeness (QED) is 0.353. The zero-order valence-corrected chi connectivity index (χ0v) is 4.53. The highest BCUT2D eigenvalue weighted by Crippen LogP contribution is 1.88. The Morgan fingerprint density at radius 1 is 2.00 bits per heavy atom. The fourth-order valence-corrected chi connectivity index (χ4v) is 0.494. The largest absolute Gasteiger partial charge is 0.270 e. The third-order valence-corrected chi connectivity index (χ3v) is 0.840. The van der Waals surface area contributed by atoms with Gasteiger partial charge in [-0.1, -0.05) is 0 Å². The molecule has 9 heavy (non-hydrogen) atoms. The van der Waals surface area contributed by atoms with Crippen LogP contribution in [0, 0.1) is 11.5 Å². The van der Waals surface area contributed by atoms with Crippen LogP contribution < -0.4 is 5.43 Å². The van der Waals surface area contributed by atoms with Gasteiger partial charge < -0.3 is 0 Å². The number of amides is 1. The van der Waals surface area contributed by atoms with Crippen molar-refractivity contribution in [3.05, 3.63) is 0 Å². The molecule has 46 valence electrons. The van der Waals surface area contributed by atoms with Crippen molar-refractivity contribution in [1.29, 1.82) is 5.26 Å². The molecule has 0 fully saturated rings. The molecule has 0 spiro atoms. The summed E-state index contributed by atoms with van der Waals surface area (Å²) in [4.78, 5) is 13.7. The number of rotatable bonds is 1. The highest BCUT2D eigenvalue weighted by atomic mass is 16.2. The number of nitrogens with zero attached hydrogens (tertiary/aromatic N) is 3. The minimum atomic E-state index is -0.238. The van der Waals surface area contributed by atoms with Crippen LogP contribution in [0.5, 0.6) is 0 Å². The third-order valence-electron chi connectivity index (χ3n) is 0.840. The van der Waals surface area contributed by atoms with E-state index >= 15 is 0 Å². The third kappa shape index (κ3) is 1.16. The summed E-state index contributed by atoms with van der Waals surface area (Å²) in [5, 5.41) is 9.35. The molecule has 1 amide bonds. The van der Waals surface area contributed by atoms with Crippen molar-refractivity contribution >= 4 is 12.2 Å². The Hall–Kier alpha value is -1.57. The Morgan fingerprint density at radius 3 is 3.22 bits per heavy atom. The second-order valence-electron chi connectivity index (χ2n) is 1.49. The predicted octanol–water partition coefficient (Wildman–Crippen LogP) is -1.16. The summed E-state index contributed by atoms with van der Waals surface area (Å²) in [6, 6.07) is 0. The fourth-order valence-electron chi connectivity index (χ4n) is 0.494. The van der Waals surface area contributed by atoms with Crippen molar-refractivity contribution in [2.75, 3.05) is 6.54 Å². The summed E-state index contributed by atoms with van der Waals surface area (Å²) < 4.78 is 0. The monoisotopic (exact) mass is 124 g/mol. The van der Waals surface area contributed by atoms with E-state index in [1.54, 1.807) is 6.19 Å². The molecule has 1 aliphatic rings. The van der Waals surface area contributed by atoms with Gasteiger partial charge in [-0.25, -0.2) is 10.4 Å². The summed E-state index contributed by atoms with van der Waals surface area (Å²) in [6.45, 7) is 0.146. The number of nitriles is 1. The number of carbonyl (C=O) groups is 1. The smallest absolute Gasteiger partial charge is 0.268 e. The molecule has 0 aromatic heterocycles. The molecule has 1 aliphatic heterocycles. The molecule has 1 N–H and O–H groups in total. The van der Waals surface area contributed by atoms with Gasteiger partial charge in [0.1, 0.15) is 12.9 Å². The highest BCUT2D eigenvalue weighted by Gasteiger charge is 2.11. The van der Waals surface area contributed by atoms with Crippen molar-refractivity contribution in [3.63, 3.8) is 0 Å². The van der Waals surface area contributed by atoms with Crippen molar-refractivity contribution < 1.29 is 4.79 Å². The highest BCUT2D eigenvalue weighted by molar-refractivity contribution is 5.91. The first-order chi connectivity index (χ1) is 4.33. The van der Waals surface area contributed by atoms with Crippen LogP contribution in [-0.2, 0) is 4.79 Å². The standard InChI is InChI=1S/C4H4N4O/c5-2-7-8-1-4(9)6-3-8/h3,7H,1H2. The van der Waals surface area contributed by atoms with Crippen LogP contribution in [0.1, 0.15) is 0 Å². The first-order valence-electron chi connectivity index (χ1n) is 2.31. The Labute approximate surface area is 51.6 Å². The van der Waals surface area contributed by atoms with E-state index in [2.05, 4.69) is 10.4 Å². The molecule has 0 aliphatic carbocycles. The van der Waals surface area contributed by atoms with Gasteiger partial charge in [0.25, 0.3) is 5.91 Å². The number of hydrogen-bond acceptors (Lipinski definition) is 4. The number of aliphatic imine (C=N–C) groups is 1. The summed E-state index contributed by atoms with van der Waals surface area (Å²) in [7, 11) is 0. The zero-order chi connectivity index (χ0) is 6.69. The topological polar surface area (TPSA) is 68.5 Å². The van der Waals surface area contributed by atoms with Crippen molar-refractivity contribution in [2.45, 2.75) is 0 Å². The van der Waals surface area contributed by atoms with E-state index in [-0.39, 0.29) is 12.5 Å². The molecular weight excluding hydrogens is 120 g/mol. The maximum atomic E-state index is 10.3. The maximum Gasteiger partial charge on any atom is 0.268 e. The Kier molecular flexibility index (Phi) is 1.32. The second kappa shape index (κ2) is 2.13. The van der Waals surface area contributed by atoms with Crippen LogP contribution in [0.3, 0.4) is 0 Å². The lowest BCUT2D eigenvalue weighted by molar-refractivity contribution is -0.117. The van der Waals surface area contributed by atoms with Crippen LogP contribution in [-0.4, -0.2) is 23.8 Å². The Balaban J connectivity index is 2.43. The van der Waals surface area contributed by atoms with Crippen molar-refractivity contribution in [3.8, 4) is 6.19 Å². The summed E-state index contributed by atoms with van der Waals surface area (Å²) in [5.74, 6) is -0.238. The van der Waals surface area contributed by atoms with Gasteiger partial charge in [-0.3, -0.25) is 9.80 Å². The first-order valence-corrected chi connectivity index (χ1v) is 2.31. The van der Waals surface area contributed by atoms with Crippen LogP contribution in [0.25, 0.3) is 0 Å². The lowest BCUT2D eigenvalue weighted by Gasteiger charge is -2.06. The molecule has 0 aromatic rings. The molecule has 0 radical (unpaired) electrons. The Bertz CT molecular complexity index is 191. The van der Waals surface area contributed by atoms with Gasteiger partial charge in [-0.2, -0.15) is 5.26 Å². The molecule has 0 atom stereocenters. The average Bonchev–Trinajstić information content (AvgIpc) is 2.17. The van der Waals surface area contributed by atoms with Gasteiger partial charge in [0.2, 0.25) is 0 Å². The van der Waals surface area contributed by atoms with E-state index < -0.39 is 0 Å². The van der Waals surface area contributed by atoms with Crippen molar-refractivity contribution in [1.82, 2.24) is 10.4 Å². The second-order valence-corrected chi connectivity index (χ2v) is 1.49. The molecule has 1 heterocycles. The molecule has 0 saturated heterocycles. The van der Waals surface area contributed by atoms with E-state index in [4.69, 9.17) is 5.26 Å². The fraction of sp³-hybridized carbons (Fsp3) is 0.250. The van der Waals surface area contributed by atoms with Crippen LogP contribution in [0.15, 0.2) is 4.99 Å². The van der Waals surface area contributed by atoms with Gasteiger partial charge in [0.05, 0.1) is 0 Å². The normalized spacial score (nSPS) is 15.9. The molecule has 0 aromatic carbocycles. The molecule has 1 rings (SSSR count). The minimum absolute atomic E-state index is 0.146. The number of hydrogen-bond donors (Lipinski definition) is 1. The zero-order valence-electron chi connectivity index (χ0n) is 4.53. The van der Waals surface area contributed by atoms with E-state index in [0.29, 0.717) is 0 Å². The van der Waals surface area contributed by atoms with Crippen molar-refractivity contribution in [2.24, 2.45) is 4.99 Å². The first kappa shape index (κ1) is 5.56. The van der Waals surface area contributed by atoms with Gasteiger partial charge in [-0.05, 0) is 0 Å². The van der Waals surface area contributed by atoms with Gasteiger partial charge in [-0.15, -0.1) is 0 Å². The number of nitrogens with one attached hydrogen (secondary N) is 1. The lowest BCUT2D eigenvalue weighted by Crippen LogP contribution is -2.32. The average molecular weight is 124 g/mol. The SMILES string of the molecule is N#CNN1C=NC(=O)C1. The van der Waals surface area contributed by atoms with Gasteiger partial charge >= 0.3 is 0 Å². The van der Waals surface area contributed by atoms with E-state index in [1.165, 1.54) is 11.3 Å². The molecule has 0 unspecified atom stereocenters. The van der Waals surface area contributed by atoms with Crippen LogP contribution in [0.2, 0.25) is 0 Å². The lowest BCUT2D eigenvalue weighted by atomic mass is 10.6. The summed E-state index contributed by atoms with van der Waals surface area (Å²) in [5.41, 5.74) is 2.24. The Morgan fingerprint density at radius 2 is 2.78 bits per heavy atom. The molecule has 5 nitrogen and oxygen atoms in total. The number of hydrazine groups is 1. The number of carbonyl (C=O) groups excluding carboxylic acids is 1. The minimum Gasteiger partial charge on any atom is -0.270 e.